The predicted molar refractivity (Wildman–Crippen MR) is 72.4 cm³/mol. The first-order valence-corrected chi connectivity index (χ1v) is 6.80. The van der Waals surface area contributed by atoms with E-state index in [0.717, 1.165) is 25.9 Å². The lowest BCUT2D eigenvalue weighted by molar-refractivity contribution is -0.132. The zero-order valence-electron chi connectivity index (χ0n) is 10.3. The summed E-state index contributed by atoms with van der Waals surface area (Å²) in [5.74, 6) is -0.968. The topological polar surface area (TPSA) is 66.8 Å². The Labute approximate surface area is 119 Å². The van der Waals surface area contributed by atoms with E-state index in [-0.39, 0.29) is 23.8 Å². The van der Waals surface area contributed by atoms with Crippen LogP contribution in [0.1, 0.15) is 23.2 Å². The van der Waals surface area contributed by atoms with Gasteiger partial charge in [0.2, 0.25) is 0 Å². The van der Waals surface area contributed by atoms with Crippen molar-refractivity contribution in [3.63, 3.8) is 0 Å². The van der Waals surface area contributed by atoms with E-state index in [1.54, 1.807) is 17.0 Å². The van der Waals surface area contributed by atoms with Gasteiger partial charge in [0.1, 0.15) is 11.3 Å². The van der Waals surface area contributed by atoms with Crippen LogP contribution < -0.4 is 4.74 Å². The molecule has 0 aliphatic carbocycles. The van der Waals surface area contributed by atoms with Gasteiger partial charge in [-0.05, 0) is 31.0 Å². The zero-order chi connectivity index (χ0) is 13.8. The fourth-order valence-electron chi connectivity index (χ4n) is 1.99. The molecule has 5 nitrogen and oxygen atoms in total. The van der Waals surface area contributed by atoms with E-state index in [9.17, 15) is 9.59 Å². The average Bonchev–Trinajstić information content (AvgIpc) is 2.90. The van der Waals surface area contributed by atoms with E-state index >= 15 is 0 Å². The van der Waals surface area contributed by atoms with Gasteiger partial charge >= 0.3 is 5.97 Å². The third kappa shape index (κ3) is 3.47. The molecule has 1 aliphatic rings. The first-order valence-electron chi connectivity index (χ1n) is 6.01. The van der Waals surface area contributed by atoms with Gasteiger partial charge in [0.25, 0.3) is 5.91 Å². The highest BCUT2D eigenvalue weighted by Crippen LogP contribution is 2.23. The molecule has 1 saturated heterocycles. The Balaban J connectivity index is 2.02. The lowest BCUT2D eigenvalue weighted by atomic mass is 10.2. The molecule has 0 unspecified atom stereocenters. The van der Waals surface area contributed by atoms with Crippen LogP contribution >= 0.6 is 15.9 Å². The third-order valence-electron chi connectivity index (χ3n) is 2.98. The van der Waals surface area contributed by atoms with Crippen molar-refractivity contribution in [2.75, 3.05) is 19.7 Å². The SMILES string of the molecule is O=C(O)c1cc(Br)ccc1OCC(=O)N1CCCC1. The minimum Gasteiger partial charge on any atom is -0.483 e. The number of carboxylic acid groups (broad SMARTS) is 1. The minimum absolute atomic E-state index is 0.0450. The molecule has 0 spiro atoms. The Morgan fingerprint density at radius 3 is 2.63 bits per heavy atom. The minimum atomic E-state index is -1.08. The second-order valence-electron chi connectivity index (χ2n) is 4.32. The molecule has 0 radical (unpaired) electrons. The third-order valence-corrected chi connectivity index (χ3v) is 3.48. The molecule has 0 bridgehead atoms. The first kappa shape index (κ1) is 13.9. The molecule has 1 aromatic carbocycles. The lowest BCUT2D eigenvalue weighted by Crippen LogP contribution is -2.32. The Morgan fingerprint density at radius 1 is 1.32 bits per heavy atom. The van der Waals surface area contributed by atoms with Crippen LogP contribution in [0.15, 0.2) is 22.7 Å². The molecule has 2 rings (SSSR count). The molecule has 0 aromatic heterocycles. The van der Waals surface area contributed by atoms with Crippen molar-refractivity contribution in [2.45, 2.75) is 12.8 Å². The summed E-state index contributed by atoms with van der Waals surface area (Å²) in [5, 5.41) is 9.07. The summed E-state index contributed by atoms with van der Waals surface area (Å²) in [6, 6.07) is 4.69. The van der Waals surface area contributed by atoms with Crippen LogP contribution in [0.4, 0.5) is 0 Å². The molecule has 1 aromatic rings. The number of nitrogens with zero attached hydrogens (tertiary/aromatic N) is 1. The Bertz CT molecular complexity index is 497. The van der Waals surface area contributed by atoms with Crippen LogP contribution in [0, 0.1) is 0 Å². The molecule has 1 aliphatic heterocycles. The number of likely N-dealkylation sites (tertiary alicyclic amines) is 1. The van der Waals surface area contributed by atoms with E-state index in [1.807, 2.05) is 0 Å². The monoisotopic (exact) mass is 327 g/mol. The first-order chi connectivity index (χ1) is 9.08. The molecule has 1 heterocycles. The van der Waals surface area contributed by atoms with E-state index in [0.29, 0.717) is 4.47 Å². The Hall–Kier alpha value is -1.56. The van der Waals surface area contributed by atoms with Crippen LogP contribution in [0.3, 0.4) is 0 Å². The highest BCUT2D eigenvalue weighted by molar-refractivity contribution is 9.10. The Kier molecular flexibility index (Phi) is 4.42. The average molecular weight is 328 g/mol. The summed E-state index contributed by atoms with van der Waals surface area (Å²) < 4.78 is 5.99. The largest absolute Gasteiger partial charge is 0.483 e. The van der Waals surface area contributed by atoms with Crippen molar-refractivity contribution in [3.05, 3.63) is 28.2 Å². The van der Waals surface area contributed by atoms with E-state index in [4.69, 9.17) is 9.84 Å². The van der Waals surface area contributed by atoms with Gasteiger partial charge in [-0.1, -0.05) is 15.9 Å². The predicted octanol–water partition coefficient (Wildman–Crippen LogP) is 2.15. The molecule has 19 heavy (non-hydrogen) atoms. The van der Waals surface area contributed by atoms with Crippen molar-refractivity contribution in [2.24, 2.45) is 0 Å². The van der Waals surface area contributed by atoms with Crippen LogP contribution in [-0.2, 0) is 4.79 Å². The maximum Gasteiger partial charge on any atom is 0.339 e. The van der Waals surface area contributed by atoms with Crippen molar-refractivity contribution in [3.8, 4) is 5.75 Å². The number of carboxylic acids is 1. The maximum absolute atomic E-state index is 11.8. The molecule has 0 atom stereocenters. The summed E-state index contributed by atoms with van der Waals surface area (Å²) in [7, 11) is 0. The molecular formula is C13H14BrNO4. The van der Waals surface area contributed by atoms with Crippen molar-refractivity contribution < 1.29 is 19.4 Å². The van der Waals surface area contributed by atoms with Crippen LogP contribution in [0.5, 0.6) is 5.75 Å². The van der Waals surface area contributed by atoms with Gasteiger partial charge in [-0.15, -0.1) is 0 Å². The van der Waals surface area contributed by atoms with Gasteiger partial charge in [-0.3, -0.25) is 4.79 Å². The van der Waals surface area contributed by atoms with E-state index in [1.165, 1.54) is 6.07 Å². The molecule has 0 saturated carbocycles. The second kappa shape index (κ2) is 6.06. The highest BCUT2D eigenvalue weighted by Gasteiger charge is 2.19. The summed E-state index contributed by atoms with van der Waals surface area (Å²) in [6.07, 6.45) is 2.04. The number of halogens is 1. The van der Waals surface area contributed by atoms with Crippen molar-refractivity contribution in [1.29, 1.82) is 0 Å². The van der Waals surface area contributed by atoms with Crippen molar-refractivity contribution in [1.82, 2.24) is 4.90 Å². The number of carbonyl (C=O) groups excluding carboxylic acids is 1. The van der Waals surface area contributed by atoms with Gasteiger partial charge in [-0.25, -0.2) is 4.79 Å². The van der Waals surface area contributed by atoms with Gasteiger partial charge in [-0.2, -0.15) is 0 Å². The summed E-state index contributed by atoms with van der Waals surface area (Å²) in [4.78, 5) is 24.6. The number of aromatic carboxylic acids is 1. The zero-order valence-corrected chi connectivity index (χ0v) is 11.9. The summed E-state index contributed by atoms with van der Waals surface area (Å²) in [5.41, 5.74) is 0.0450. The molecular weight excluding hydrogens is 314 g/mol. The summed E-state index contributed by atoms with van der Waals surface area (Å²) in [6.45, 7) is 1.39. The normalized spacial score (nSPS) is 14.5. The molecule has 1 fully saturated rings. The van der Waals surface area contributed by atoms with Crippen LogP contribution in [0.25, 0.3) is 0 Å². The number of hydrogen-bond donors (Lipinski definition) is 1. The highest BCUT2D eigenvalue weighted by atomic mass is 79.9. The standard InChI is InChI=1S/C13H14BrNO4/c14-9-3-4-11(10(7-9)13(17)18)19-8-12(16)15-5-1-2-6-15/h3-4,7H,1-2,5-6,8H2,(H,17,18). The van der Waals surface area contributed by atoms with Gasteiger partial charge < -0.3 is 14.7 Å². The van der Waals surface area contributed by atoms with Crippen molar-refractivity contribution >= 4 is 27.8 Å². The van der Waals surface area contributed by atoms with Gasteiger partial charge in [0.05, 0.1) is 0 Å². The van der Waals surface area contributed by atoms with Crippen LogP contribution in [-0.4, -0.2) is 41.6 Å². The maximum atomic E-state index is 11.8. The fourth-order valence-corrected chi connectivity index (χ4v) is 2.35. The molecule has 1 N–H and O–H groups in total. The number of rotatable bonds is 4. The number of amides is 1. The molecule has 6 heteroatoms. The number of benzene rings is 1. The van der Waals surface area contributed by atoms with Gasteiger partial charge in [0.15, 0.2) is 6.61 Å². The molecule has 102 valence electrons. The number of carbonyl (C=O) groups is 2. The second-order valence-corrected chi connectivity index (χ2v) is 5.24. The van der Waals surface area contributed by atoms with Gasteiger partial charge in [0, 0.05) is 17.6 Å². The van der Waals surface area contributed by atoms with E-state index < -0.39 is 5.97 Å². The number of hydrogen-bond acceptors (Lipinski definition) is 3. The smallest absolute Gasteiger partial charge is 0.339 e. The quantitative estimate of drug-likeness (QED) is 0.920. The summed E-state index contributed by atoms with van der Waals surface area (Å²) >= 11 is 3.20. The fraction of sp³-hybridized carbons (Fsp3) is 0.385. The number of ether oxygens (including phenoxy) is 1. The van der Waals surface area contributed by atoms with Crippen LogP contribution in [0.2, 0.25) is 0 Å². The lowest BCUT2D eigenvalue weighted by Gasteiger charge is -2.16. The Morgan fingerprint density at radius 2 is 2.00 bits per heavy atom. The van der Waals surface area contributed by atoms with E-state index in [2.05, 4.69) is 15.9 Å². The molecule has 1 amide bonds.